The maximum Gasteiger partial charge on any atom is 0.259 e. The van der Waals surface area contributed by atoms with Gasteiger partial charge in [-0.2, -0.15) is 9.71 Å². The van der Waals surface area contributed by atoms with Crippen LogP contribution in [0.4, 0.5) is 0 Å². The van der Waals surface area contributed by atoms with Gasteiger partial charge in [0, 0.05) is 6.92 Å². The van der Waals surface area contributed by atoms with Gasteiger partial charge in [0.15, 0.2) is 0 Å². The first-order chi connectivity index (χ1) is 12.0. The van der Waals surface area contributed by atoms with E-state index in [2.05, 4.69) is 15.1 Å². The predicted molar refractivity (Wildman–Crippen MR) is 87.8 cm³/mol. The first-order valence-electron chi connectivity index (χ1n) is 7.74. The maximum atomic E-state index is 12.7. The lowest BCUT2D eigenvalue weighted by Crippen LogP contribution is -2.32. The van der Waals surface area contributed by atoms with Crippen molar-refractivity contribution in [2.24, 2.45) is 0 Å². The third kappa shape index (κ3) is 1.92. The van der Waals surface area contributed by atoms with Gasteiger partial charge < -0.3 is 14.8 Å². The zero-order valence-corrected chi connectivity index (χ0v) is 13.9. The molecule has 1 aliphatic carbocycles. The highest BCUT2D eigenvalue weighted by atomic mass is 35.5. The monoisotopic (exact) mass is 357 g/mol. The van der Waals surface area contributed by atoms with E-state index in [4.69, 9.17) is 16.1 Å². The van der Waals surface area contributed by atoms with Crippen LogP contribution in [0.1, 0.15) is 24.4 Å². The molecule has 5 rings (SSSR count). The van der Waals surface area contributed by atoms with Gasteiger partial charge in [0.1, 0.15) is 33.7 Å². The number of benzene rings is 1. The third-order valence-corrected chi connectivity index (χ3v) is 4.91. The fraction of sp³-hybridized carbons (Fsp3) is 0.250. The van der Waals surface area contributed by atoms with E-state index in [1.54, 1.807) is 35.9 Å². The van der Waals surface area contributed by atoms with E-state index in [0.29, 0.717) is 45.8 Å². The van der Waals surface area contributed by atoms with Crippen molar-refractivity contribution in [2.75, 3.05) is 0 Å². The van der Waals surface area contributed by atoms with E-state index in [-0.39, 0.29) is 11.7 Å². The molecule has 1 fully saturated rings. The Morgan fingerprint density at radius 2 is 2.20 bits per heavy atom. The summed E-state index contributed by atoms with van der Waals surface area (Å²) in [4.78, 5) is 8.63. The second-order valence-electron chi connectivity index (χ2n) is 6.25. The number of rotatable bonds is 2. The van der Waals surface area contributed by atoms with Gasteiger partial charge in [0.05, 0.1) is 0 Å². The summed E-state index contributed by atoms with van der Waals surface area (Å²) in [5.41, 5.74) is 1.40. The molecule has 3 aromatic heterocycles. The Hall–Kier alpha value is -2.71. The fourth-order valence-electron chi connectivity index (χ4n) is 3.04. The number of nitrogens with zero attached hydrogens (tertiary/aromatic N) is 5. The van der Waals surface area contributed by atoms with Gasteiger partial charge in [-0.25, -0.2) is 4.98 Å². The van der Waals surface area contributed by atoms with Crippen molar-refractivity contribution in [1.82, 2.24) is 19.5 Å². The molecule has 0 unspecified atom stereocenters. The van der Waals surface area contributed by atoms with Crippen molar-refractivity contribution in [3.63, 3.8) is 0 Å². The molecular weight excluding hydrogens is 346 g/mol. The van der Waals surface area contributed by atoms with E-state index < -0.39 is 5.60 Å². The van der Waals surface area contributed by atoms with E-state index in [0.717, 1.165) is 4.73 Å². The van der Waals surface area contributed by atoms with E-state index in [9.17, 15) is 10.3 Å². The number of hydrogen-bond acceptors (Lipinski definition) is 6. The number of halogens is 1. The highest BCUT2D eigenvalue weighted by Crippen LogP contribution is 2.44. The summed E-state index contributed by atoms with van der Waals surface area (Å²) < 4.78 is 7.74. The van der Waals surface area contributed by atoms with E-state index >= 15 is 0 Å². The average molecular weight is 358 g/mol. The molecule has 4 aromatic rings. The second-order valence-corrected chi connectivity index (χ2v) is 6.66. The Balaban J connectivity index is 1.81. The topological polar surface area (TPSA) is 103 Å². The van der Waals surface area contributed by atoms with Crippen LogP contribution in [0.5, 0.6) is 0 Å². The Bertz CT molecular complexity index is 1160. The van der Waals surface area contributed by atoms with Gasteiger partial charge >= 0.3 is 0 Å². The highest BCUT2D eigenvalue weighted by molar-refractivity contribution is 6.34. The Labute approximate surface area is 145 Å². The smallest absolute Gasteiger partial charge is 0.259 e. The summed E-state index contributed by atoms with van der Waals surface area (Å²) in [6, 6.07) is 5.24. The van der Waals surface area contributed by atoms with Crippen LogP contribution in [0.25, 0.3) is 28.1 Å². The van der Waals surface area contributed by atoms with Crippen LogP contribution in [0.2, 0.25) is 5.02 Å². The zero-order chi connectivity index (χ0) is 17.3. The lowest BCUT2D eigenvalue weighted by atomic mass is 10.2. The fourth-order valence-corrected chi connectivity index (χ4v) is 3.29. The molecule has 0 radical (unpaired) electrons. The van der Waals surface area contributed by atoms with Crippen molar-refractivity contribution in [1.29, 1.82) is 0 Å². The third-order valence-electron chi connectivity index (χ3n) is 4.60. The number of fused-ring (bicyclic) bond motifs is 3. The summed E-state index contributed by atoms with van der Waals surface area (Å²) in [5, 5.41) is 27.1. The van der Waals surface area contributed by atoms with Crippen LogP contribution in [0.3, 0.4) is 0 Å². The van der Waals surface area contributed by atoms with Crippen LogP contribution < -0.4 is 4.73 Å². The van der Waals surface area contributed by atoms with Gasteiger partial charge in [-0.05, 0) is 25.0 Å². The highest BCUT2D eigenvalue weighted by Gasteiger charge is 2.48. The number of aryl methyl sites for hydroxylation is 1. The number of hydrogen-bond donors (Lipinski definition) is 1. The predicted octanol–water partition coefficient (Wildman–Crippen LogP) is 2.11. The van der Waals surface area contributed by atoms with Gasteiger partial charge in [0.2, 0.25) is 11.5 Å². The summed E-state index contributed by atoms with van der Waals surface area (Å²) in [6.45, 7) is 1.69. The van der Waals surface area contributed by atoms with E-state index in [1.165, 1.54) is 0 Å². The Morgan fingerprint density at radius 3 is 2.96 bits per heavy atom. The van der Waals surface area contributed by atoms with Gasteiger partial charge in [0.25, 0.3) is 11.4 Å². The van der Waals surface area contributed by atoms with Crippen LogP contribution in [0.15, 0.2) is 29.0 Å². The number of imidazole rings is 1. The lowest BCUT2D eigenvalue weighted by Gasteiger charge is -2.09. The molecule has 8 nitrogen and oxygen atoms in total. The molecule has 0 aliphatic heterocycles. The number of para-hydroxylation sites is 1. The van der Waals surface area contributed by atoms with Crippen LogP contribution in [0, 0.1) is 12.1 Å². The molecule has 1 aliphatic rings. The molecule has 0 amide bonds. The SMILES string of the molecule is Cc1c2c(-c3noc(C4(O)CC4)n3)ncn2c2cccc(Cl)c2[n+]1[O-]. The molecule has 25 heavy (non-hydrogen) atoms. The largest absolute Gasteiger partial charge is 0.618 e. The zero-order valence-electron chi connectivity index (χ0n) is 13.1. The summed E-state index contributed by atoms with van der Waals surface area (Å²) in [5.74, 6) is 0.419. The van der Waals surface area contributed by atoms with Crippen LogP contribution >= 0.6 is 11.6 Å². The summed E-state index contributed by atoms with van der Waals surface area (Å²) in [6.07, 6.45) is 2.79. The molecule has 1 saturated carbocycles. The molecule has 3 heterocycles. The van der Waals surface area contributed by atoms with Gasteiger partial charge in [-0.1, -0.05) is 22.8 Å². The molecule has 1 N–H and O–H groups in total. The summed E-state index contributed by atoms with van der Waals surface area (Å²) in [7, 11) is 0. The maximum absolute atomic E-state index is 12.7. The molecule has 1 aromatic carbocycles. The van der Waals surface area contributed by atoms with Gasteiger partial charge in [-0.3, -0.25) is 4.40 Å². The minimum Gasteiger partial charge on any atom is -0.618 e. The minimum atomic E-state index is -1.02. The standard InChI is InChI=1S/C16H12ClN5O3/c1-8-12-11(14-19-15(25-20-14)16(23)5-6-16)18-7-21(12)10-4-2-3-9(17)13(10)22(8)24/h2-4,7,23H,5-6H2,1H3. The molecule has 0 atom stereocenters. The quantitative estimate of drug-likeness (QED) is 0.435. The minimum absolute atomic E-state index is 0.181. The van der Waals surface area contributed by atoms with Crippen molar-refractivity contribution in [2.45, 2.75) is 25.4 Å². The average Bonchev–Trinajstić information content (AvgIpc) is 3.04. The Morgan fingerprint density at radius 1 is 1.40 bits per heavy atom. The second kappa shape index (κ2) is 4.68. The Kier molecular flexibility index (Phi) is 2.73. The summed E-state index contributed by atoms with van der Waals surface area (Å²) >= 11 is 6.20. The lowest BCUT2D eigenvalue weighted by molar-refractivity contribution is -0.583. The molecular formula is C16H12ClN5O3. The molecule has 126 valence electrons. The molecule has 0 bridgehead atoms. The van der Waals surface area contributed by atoms with Crippen molar-refractivity contribution in [3.8, 4) is 11.5 Å². The molecule has 9 heteroatoms. The normalized spacial score (nSPS) is 16.0. The van der Waals surface area contributed by atoms with Crippen molar-refractivity contribution < 1.29 is 14.4 Å². The van der Waals surface area contributed by atoms with E-state index in [1.807, 2.05) is 0 Å². The van der Waals surface area contributed by atoms with Gasteiger partial charge in [-0.15, -0.1) is 0 Å². The number of aliphatic hydroxyl groups is 1. The van der Waals surface area contributed by atoms with Crippen molar-refractivity contribution >= 4 is 28.2 Å². The first-order valence-corrected chi connectivity index (χ1v) is 8.12. The molecule has 0 saturated heterocycles. The first kappa shape index (κ1) is 14.6. The van der Waals surface area contributed by atoms with Crippen molar-refractivity contribution in [3.05, 3.63) is 46.3 Å². The molecule has 0 spiro atoms. The van der Waals surface area contributed by atoms with Crippen LogP contribution in [-0.2, 0) is 5.60 Å². The van der Waals surface area contributed by atoms with Crippen LogP contribution in [-0.4, -0.2) is 24.6 Å². The number of aromatic nitrogens is 5.